The molecule has 0 unspecified atom stereocenters. The van der Waals surface area contributed by atoms with Gasteiger partial charge >= 0.3 is 11.7 Å². The van der Waals surface area contributed by atoms with E-state index in [1.54, 1.807) is 24.1 Å². The Balaban J connectivity index is 2.35. The Hall–Kier alpha value is -2.42. The predicted molar refractivity (Wildman–Crippen MR) is 65.2 cm³/mol. The van der Waals surface area contributed by atoms with Gasteiger partial charge in [0.1, 0.15) is 16.8 Å². The van der Waals surface area contributed by atoms with E-state index in [2.05, 4.69) is 10.1 Å². The van der Waals surface area contributed by atoms with Gasteiger partial charge in [-0.1, -0.05) is 11.8 Å². The fraction of sp³-hybridized carbons (Fsp3) is 0.100. The lowest BCUT2D eigenvalue weighted by Crippen LogP contribution is -2.03. The molecule has 0 bridgehead atoms. The van der Waals surface area contributed by atoms with Gasteiger partial charge in [0.15, 0.2) is 0 Å². The number of carboxylic acid groups (broad SMARTS) is 1. The zero-order chi connectivity index (χ0) is 14.0. The molecule has 0 aliphatic heterocycles. The maximum absolute atomic E-state index is 11.0. The highest BCUT2D eigenvalue weighted by Gasteiger charge is 2.21. The van der Waals surface area contributed by atoms with Gasteiger partial charge in [-0.15, -0.1) is 0 Å². The van der Waals surface area contributed by atoms with Crippen molar-refractivity contribution in [2.24, 2.45) is 7.05 Å². The molecular formula is C10H8N4O4S. The molecule has 2 aromatic heterocycles. The van der Waals surface area contributed by atoms with Crippen LogP contribution in [0.15, 0.2) is 34.6 Å². The van der Waals surface area contributed by atoms with Gasteiger partial charge in [0, 0.05) is 13.2 Å². The smallest absolute Gasteiger partial charge is 0.342 e. The van der Waals surface area contributed by atoms with Crippen molar-refractivity contribution in [3.63, 3.8) is 0 Å². The Morgan fingerprint density at radius 1 is 1.53 bits per heavy atom. The minimum Gasteiger partial charge on any atom is -0.477 e. The highest BCUT2D eigenvalue weighted by Crippen LogP contribution is 2.28. The molecule has 0 atom stereocenters. The Labute approximate surface area is 111 Å². The third kappa shape index (κ3) is 2.88. The monoisotopic (exact) mass is 280 g/mol. The third-order valence-corrected chi connectivity index (χ3v) is 3.07. The number of aryl methyl sites for hydroxylation is 1. The number of carboxylic acids is 1. The van der Waals surface area contributed by atoms with E-state index in [4.69, 9.17) is 5.11 Å². The fourth-order valence-electron chi connectivity index (χ4n) is 1.37. The summed E-state index contributed by atoms with van der Waals surface area (Å²) < 4.78 is 1.59. The van der Waals surface area contributed by atoms with Crippen molar-refractivity contribution < 1.29 is 14.8 Å². The highest BCUT2D eigenvalue weighted by molar-refractivity contribution is 7.99. The number of pyridine rings is 1. The zero-order valence-electron chi connectivity index (χ0n) is 9.68. The molecule has 2 heterocycles. The van der Waals surface area contributed by atoms with Crippen molar-refractivity contribution in [3.8, 4) is 0 Å². The van der Waals surface area contributed by atoms with Crippen molar-refractivity contribution in [1.82, 2.24) is 14.8 Å². The van der Waals surface area contributed by atoms with Crippen molar-refractivity contribution in [3.05, 3.63) is 40.3 Å². The van der Waals surface area contributed by atoms with Crippen LogP contribution in [0.5, 0.6) is 0 Å². The Bertz CT molecular complexity index is 655. The first-order valence-electron chi connectivity index (χ1n) is 5.01. The number of nitro groups is 1. The van der Waals surface area contributed by atoms with Crippen LogP contribution in [0.2, 0.25) is 0 Å². The predicted octanol–water partition coefficient (Wildman–Crippen LogP) is 1.57. The summed E-state index contributed by atoms with van der Waals surface area (Å²) in [4.78, 5) is 25.5. The van der Waals surface area contributed by atoms with E-state index in [0.29, 0.717) is 5.03 Å². The van der Waals surface area contributed by atoms with E-state index in [-0.39, 0.29) is 5.56 Å². The number of carbonyl (C=O) groups is 1. The molecule has 0 saturated carbocycles. The van der Waals surface area contributed by atoms with Gasteiger partial charge in [-0.2, -0.15) is 5.10 Å². The fourth-order valence-corrected chi connectivity index (χ4v) is 2.20. The Morgan fingerprint density at radius 3 is 2.79 bits per heavy atom. The molecule has 9 heteroatoms. The van der Waals surface area contributed by atoms with E-state index in [0.717, 1.165) is 11.1 Å². The lowest BCUT2D eigenvalue weighted by atomic mass is 10.2. The van der Waals surface area contributed by atoms with Crippen LogP contribution >= 0.6 is 11.8 Å². The molecular weight excluding hydrogens is 272 g/mol. The highest BCUT2D eigenvalue weighted by atomic mass is 32.2. The van der Waals surface area contributed by atoms with Crippen LogP contribution in [-0.2, 0) is 7.05 Å². The maximum Gasteiger partial charge on any atom is 0.342 e. The van der Waals surface area contributed by atoms with E-state index in [1.165, 1.54) is 17.8 Å². The summed E-state index contributed by atoms with van der Waals surface area (Å²) >= 11 is 1.18. The number of hydrogen-bond donors (Lipinski definition) is 1. The number of rotatable bonds is 4. The van der Waals surface area contributed by atoms with E-state index in [1.807, 2.05) is 0 Å². The van der Waals surface area contributed by atoms with Gasteiger partial charge in [0.05, 0.1) is 16.0 Å². The Kier molecular flexibility index (Phi) is 3.47. The number of nitrogens with zero attached hydrogens (tertiary/aromatic N) is 4. The number of hydrogen-bond acceptors (Lipinski definition) is 6. The summed E-state index contributed by atoms with van der Waals surface area (Å²) in [6, 6.07) is 1.18. The van der Waals surface area contributed by atoms with Crippen molar-refractivity contribution in [2.75, 3.05) is 0 Å². The van der Waals surface area contributed by atoms with Crippen molar-refractivity contribution in [1.29, 1.82) is 0 Å². The summed E-state index contributed by atoms with van der Waals surface area (Å²) in [6.07, 6.45) is 4.27. The second kappa shape index (κ2) is 5.06. The zero-order valence-corrected chi connectivity index (χ0v) is 10.5. The topological polar surface area (TPSA) is 111 Å². The molecule has 0 aromatic carbocycles. The van der Waals surface area contributed by atoms with Crippen LogP contribution in [0.1, 0.15) is 10.4 Å². The molecule has 0 fully saturated rings. The minimum atomic E-state index is -1.36. The third-order valence-electron chi connectivity index (χ3n) is 2.19. The van der Waals surface area contributed by atoms with Gasteiger partial charge in [-0.3, -0.25) is 14.8 Å². The Morgan fingerprint density at radius 2 is 2.26 bits per heavy atom. The average molecular weight is 280 g/mol. The molecule has 0 aliphatic carbocycles. The molecule has 0 aliphatic rings. The molecule has 19 heavy (non-hydrogen) atoms. The van der Waals surface area contributed by atoms with Crippen LogP contribution < -0.4 is 0 Å². The normalized spacial score (nSPS) is 10.4. The van der Waals surface area contributed by atoms with E-state index >= 15 is 0 Å². The molecule has 98 valence electrons. The molecule has 0 radical (unpaired) electrons. The molecule has 0 amide bonds. The van der Waals surface area contributed by atoms with Gasteiger partial charge < -0.3 is 5.11 Å². The van der Waals surface area contributed by atoms with Crippen LogP contribution in [0.3, 0.4) is 0 Å². The van der Waals surface area contributed by atoms with Gasteiger partial charge in [0.25, 0.3) is 0 Å². The summed E-state index contributed by atoms with van der Waals surface area (Å²) in [5.41, 5.74) is -0.908. The summed E-state index contributed by atoms with van der Waals surface area (Å²) in [5, 5.41) is 23.9. The number of aromatic nitrogens is 3. The summed E-state index contributed by atoms with van der Waals surface area (Å²) in [7, 11) is 1.75. The molecule has 0 saturated heterocycles. The van der Waals surface area contributed by atoms with Gasteiger partial charge in [-0.25, -0.2) is 9.78 Å². The van der Waals surface area contributed by atoms with E-state index in [9.17, 15) is 14.9 Å². The standard InChI is InChI=1S/C10H8N4O4S/c1-13-5-6(3-12-13)19-9-2-7(10(15)16)8(4-11-9)14(17)18/h2-5H,1H3,(H,15,16). The van der Waals surface area contributed by atoms with Crippen molar-refractivity contribution in [2.45, 2.75) is 9.92 Å². The van der Waals surface area contributed by atoms with Gasteiger partial charge in [-0.05, 0) is 6.07 Å². The number of aromatic carboxylic acids is 1. The second-order valence-corrected chi connectivity index (χ2v) is 4.65. The molecule has 2 rings (SSSR count). The second-order valence-electron chi connectivity index (χ2n) is 3.55. The van der Waals surface area contributed by atoms with Crippen LogP contribution in [-0.4, -0.2) is 30.8 Å². The summed E-state index contributed by atoms with van der Waals surface area (Å²) in [5.74, 6) is -1.36. The quantitative estimate of drug-likeness (QED) is 0.668. The maximum atomic E-state index is 11.0. The molecule has 8 nitrogen and oxygen atoms in total. The lowest BCUT2D eigenvalue weighted by Gasteiger charge is -2.01. The first-order valence-corrected chi connectivity index (χ1v) is 5.83. The minimum absolute atomic E-state index is 0.357. The molecule has 0 spiro atoms. The largest absolute Gasteiger partial charge is 0.477 e. The van der Waals surface area contributed by atoms with Crippen LogP contribution in [0, 0.1) is 10.1 Å². The summed E-state index contributed by atoms with van der Waals surface area (Å²) in [6.45, 7) is 0. The SMILES string of the molecule is Cn1cc(Sc2cc(C(=O)O)c([N+](=O)[O-])cn2)cn1. The first-order chi connectivity index (χ1) is 8.97. The molecule has 1 N–H and O–H groups in total. The van der Waals surface area contributed by atoms with Crippen LogP contribution in [0.4, 0.5) is 5.69 Å². The van der Waals surface area contributed by atoms with E-state index < -0.39 is 16.6 Å². The first kappa shape index (κ1) is 13.0. The van der Waals surface area contributed by atoms with Gasteiger partial charge in [0.2, 0.25) is 0 Å². The van der Waals surface area contributed by atoms with Crippen molar-refractivity contribution >= 4 is 23.4 Å². The lowest BCUT2D eigenvalue weighted by molar-refractivity contribution is -0.385. The van der Waals surface area contributed by atoms with Crippen LogP contribution in [0.25, 0.3) is 0 Å². The molecule has 2 aromatic rings. The average Bonchev–Trinajstić information content (AvgIpc) is 2.74.